The normalized spacial score (nSPS) is 12.0. The van der Waals surface area contributed by atoms with Gasteiger partial charge in [-0.3, -0.25) is 0 Å². The molecule has 0 radical (unpaired) electrons. The molecule has 0 saturated carbocycles. The maximum Gasteiger partial charge on any atom is 0.0531 e. The maximum absolute atomic E-state index is 8.66. The molecule has 0 heterocycles. The Kier molecular flexibility index (Phi) is 11.0. The van der Waals surface area contributed by atoms with Crippen molar-refractivity contribution in [3.8, 4) is 0 Å². The fourth-order valence-corrected chi connectivity index (χ4v) is 0.635. The van der Waals surface area contributed by atoms with Crippen LogP contribution >= 0.6 is 0 Å². The lowest BCUT2D eigenvalue weighted by atomic mass is 9.88. The summed E-state index contributed by atoms with van der Waals surface area (Å²) >= 11 is 0. The molecule has 0 aromatic carbocycles. The molecule has 0 spiro atoms. The second-order valence-electron chi connectivity index (χ2n) is 4.61. The number of rotatable bonds is 7. The average Bonchev–Trinajstić information content (AvgIpc) is 2.42. The molecule has 0 aromatic rings. The molecule has 6 nitrogen and oxygen atoms in total. The van der Waals surface area contributed by atoms with Crippen molar-refractivity contribution in [3.05, 3.63) is 0 Å². The van der Waals surface area contributed by atoms with E-state index in [0.717, 1.165) is 0 Å². The predicted molar refractivity (Wildman–Crippen MR) is 63.3 cm³/mol. The third-order valence-corrected chi connectivity index (χ3v) is 2.90. The SMILES string of the molecule is CC(CO)(CO)CO.CCC(CO)(CO)CO. The zero-order valence-corrected chi connectivity index (χ0v) is 10.6. The van der Waals surface area contributed by atoms with E-state index in [2.05, 4.69) is 0 Å². The minimum atomic E-state index is -0.708. The topological polar surface area (TPSA) is 121 Å². The first kappa shape index (κ1) is 19.1. The summed E-state index contributed by atoms with van der Waals surface area (Å²) in [7, 11) is 0. The minimum absolute atomic E-state index is 0.156. The molecule has 0 rings (SSSR count). The summed E-state index contributed by atoms with van der Waals surface area (Å²) in [6, 6.07) is 0. The third-order valence-electron chi connectivity index (χ3n) is 2.90. The van der Waals surface area contributed by atoms with Gasteiger partial charge in [0, 0.05) is 10.8 Å². The average molecular weight is 254 g/mol. The van der Waals surface area contributed by atoms with Crippen LogP contribution in [0.3, 0.4) is 0 Å². The summed E-state index contributed by atoms with van der Waals surface area (Å²) in [5, 5.41) is 51.4. The largest absolute Gasteiger partial charge is 0.396 e. The number of hydrogen-bond donors (Lipinski definition) is 6. The van der Waals surface area contributed by atoms with Crippen molar-refractivity contribution < 1.29 is 30.6 Å². The van der Waals surface area contributed by atoms with Crippen LogP contribution in [-0.4, -0.2) is 70.3 Å². The molecule has 0 aliphatic heterocycles. The molecular formula is C11H26O6. The first-order chi connectivity index (χ1) is 7.92. The molecule has 0 fully saturated rings. The van der Waals surface area contributed by atoms with Crippen LogP contribution in [0.4, 0.5) is 0 Å². The van der Waals surface area contributed by atoms with Gasteiger partial charge in [0.2, 0.25) is 0 Å². The van der Waals surface area contributed by atoms with Crippen LogP contribution in [0.25, 0.3) is 0 Å². The predicted octanol–water partition coefficient (Wildman–Crippen LogP) is -1.67. The van der Waals surface area contributed by atoms with Gasteiger partial charge in [-0.1, -0.05) is 13.8 Å². The Morgan fingerprint density at radius 1 is 0.647 bits per heavy atom. The van der Waals surface area contributed by atoms with E-state index in [1.54, 1.807) is 6.92 Å². The van der Waals surface area contributed by atoms with Crippen molar-refractivity contribution in [2.75, 3.05) is 39.6 Å². The molecule has 0 aliphatic carbocycles. The molecule has 0 aromatic heterocycles. The van der Waals surface area contributed by atoms with Gasteiger partial charge in [-0.2, -0.15) is 0 Å². The van der Waals surface area contributed by atoms with Gasteiger partial charge in [0.25, 0.3) is 0 Å². The summed E-state index contributed by atoms with van der Waals surface area (Å²) in [6.07, 6.45) is 0.594. The molecule has 0 unspecified atom stereocenters. The smallest absolute Gasteiger partial charge is 0.0531 e. The van der Waals surface area contributed by atoms with Crippen LogP contribution in [-0.2, 0) is 0 Å². The van der Waals surface area contributed by atoms with Crippen LogP contribution < -0.4 is 0 Å². The van der Waals surface area contributed by atoms with Gasteiger partial charge in [-0.15, -0.1) is 0 Å². The van der Waals surface area contributed by atoms with Crippen LogP contribution in [0.2, 0.25) is 0 Å². The van der Waals surface area contributed by atoms with Gasteiger partial charge in [-0.05, 0) is 6.42 Å². The highest BCUT2D eigenvalue weighted by Gasteiger charge is 2.24. The van der Waals surface area contributed by atoms with Gasteiger partial charge in [0.05, 0.1) is 39.6 Å². The summed E-state index contributed by atoms with van der Waals surface area (Å²) in [5.41, 5.74) is -1.38. The van der Waals surface area contributed by atoms with Crippen LogP contribution in [0.1, 0.15) is 20.3 Å². The van der Waals surface area contributed by atoms with Crippen molar-refractivity contribution in [1.29, 1.82) is 0 Å². The monoisotopic (exact) mass is 254 g/mol. The molecule has 0 amide bonds. The summed E-state index contributed by atoms with van der Waals surface area (Å²) in [4.78, 5) is 0. The highest BCUT2D eigenvalue weighted by atomic mass is 16.3. The van der Waals surface area contributed by atoms with E-state index in [4.69, 9.17) is 30.6 Å². The molecule has 0 aliphatic rings. The lowest BCUT2D eigenvalue weighted by Crippen LogP contribution is -2.32. The Morgan fingerprint density at radius 2 is 0.941 bits per heavy atom. The molecule has 0 atom stereocenters. The van der Waals surface area contributed by atoms with Gasteiger partial charge < -0.3 is 30.6 Å². The van der Waals surface area contributed by atoms with E-state index in [9.17, 15) is 0 Å². The van der Waals surface area contributed by atoms with Gasteiger partial charge in [0.15, 0.2) is 0 Å². The van der Waals surface area contributed by atoms with E-state index in [1.165, 1.54) is 0 Å². The van der Waals surface area contributed by atoms with Gasteiger partial charge in [0.1, 0.15) is 0 Å². The number of hydrogen-bond acceptors (Lipinski definition) is 6. The Bertz CT molecular complexity index is 140. The molecule has 0 saturated heterocycles. The summed E-state index contributed by atoms with van der Waals surface area (Å²) in [6.45, 7) is 2.42. The van der Waals surface area contributed by atoms with Crippen molar-refractivity contribution >= 4 is 0 Å². The van der Waals surface area contributed by atoms with Crippen molar-refractivity contribution in [3.63, 3.8) is 0 Å². The molecule has 106 valence electrons. The fourth-order valence-electron chi connectivity index (χ4n) is 0.635. The standard InChI is InChI=1S/C6H14O3.C5H12O3/c1-2-6(3-7,4-8)5-9;1-5(2-6,3-7)4-8/h7-9H,2-5H2,1H3;6-8H,2-4H2,1H3. The maximum atomic E-state index is 8.66. The van der Waals surface area contributed by atoms with Crippen LogP contribution in [0.15, 0.2) is 0 Å². The Hall–Kier alpha value is -0.240. The van der Waals surface area contributed by atoms with Crippen LogP contribution in [0.5, 0.6) is 0 Å². The minimum Gasteiger partial charge on any atom is -0.396 e. The van der Waals surface area contributed by atoms with E-state index < -0.39 is 10.8 Å². The van der Waals surface area contributed by atoms with Crippen molar-refractivity contribution in [2.24, 2.45) is 10.8 Å². The zero-order valence-electron chi connectivity index (χ0n) is 10.6. The molecule has 6 heteroatoms. The second kappa shape index (κ2) is 9.76. The van der Waals surface area contributed by atoms with E-state index in [-0.39, 0.29) is 39.6 Å². The molecule has 0 bridgehead atoms. The highest BCUT2D eigenvalue weighted by Crippen LogP contribution is 2.18. The zero-order chi connectivity index (χ0) is 13.9. The first-order valence-electron chi connectivity index (χ1n) is 5.58. The lowest BCUT2D eigenvalue weighted by molar-refractivity contribution is 0.00304. The lowest BCUT2D eigenvalue weighted by Gasteiger charge is -2.24. The Morgan fingerprint density at radius 3 is 0.941 bits per heavy atom. The van der Waals surface area contributed by atoms with E-state index in [0.29, 0.717) is 6.42 Å². The number of aliphatic hydroxyl groups is 6. The van der Waals surface area contributed by atoms with Crippen molar-refractivity contribution in [1.82, 2.24) is 0 Å². The fraction of sp³-hybridized carbons (Fsp3) is 1.00. The second-order valence-corrected chi connectivity index (χ2v) is 4.61. The molecule has 6 N–H and O–H groups in total. The summed E-state index contributed by atoms with van der Waals surface area (Å²) < 4.78 is 0. The Labute approximate surface area is 102 Å². The molecular weight excluding hydrogens is 228 g/mol. The quantitative estimate of drug-likeness (QED) is 0.323. The summed E-state index contributed by atoms with van der Waals surface area (Å²) in [5.74, 6) is 0. The third kappa shape index (κ3) is 6.92. The first-order valence-corrected chi connectivity index (χ1v) is 5.58. The van der Waals surface area contributed by atoms with Gasteiger partial charge in [-0.25, -0.2) is 0 Å². The number of aliphatic hydroxyl groups excluding tert-OH is 6. The molecule has 17 heavy (non-hydrogen) atoms. The van der Waals surface area contributed by atoms with Gasteiger partial charge >= 0.3 is 0 Å². The Balaban J connectivity index is 0. The van der Waals surface area contributed by atoms with Crippen molar-refractivity contribution in [2.45, 2.75) is 20.3 Å². The highest BCUT2D eigenvalue weighted by molar-refractivity contribution is 4.74. The van der Waals surface area contributed by atoms with E-state index in [1.807, 2.05) is 6.92 Å². The van der Waals surface area contributed by atoms with E-state index >= 15 is 0 Å². The van der Waals surface area contributed by atoms with Crippen LogP contribution in [0, 0.1) is 10.8 Å².